The normalized spacial score (nSPS) is 10.8. The molecule has 0 aliphatic heterocycles. The van der Waals surface area contributed by atoms with Crippen LogP contribution < -0.4 is 4.90 Å². The fourth-order valence-corrected chi connectivity index (χ4v) is 4.10. The first kappa shape index (κ1) is 19.7. The third-order valence-electron chi connectivity index (χ3n) is 5.50. The van der Waals surface area contributed by atoms with Crippen molar-refractivity contribution in [3.05, 3.63) is 95.3 Å². The molecule has 0 spiro atoms. The molecule has 0 saturated carbocycles. The topological polar surface area (TPSA) is 44.9 Å². The van der Waals surface area contributed by atoms with Crippen LogP contribution in [0.25, 0.3) is 10.9 Å². The largest absolute Gasteiger partial charge is 0.346 e. The van der Waals surface area contributed by atoms with Crippen molar-refractivity contribution in [2.75, 3.05) is 4.90 Å². The maximum Gasteiger partial charge on any atom is 0.153 e. The average molecular weight is 395 g/mol. The van der Waals surface area contributed by atoms with Crippen molar-refractivity contribution in [3.8, 4) is 6.07 Å². The highest BCUT2D eigenvalue weighted by Gasteiger charge is 2.21. The Morgan fingerprint density at radius 3 is 2.07 bits per heavy atom. The first-order chi connectivity index (χ1) is 14.7. The van der Waals surface area contributed by atoms with E-state index in [1.165, 1.54) is 11.1 Å². The molecular formula is C26H26N4. The number of rotatable bonds is 7. The summed E-state index contributed by atoms with van der Waals surface area (Å²) >= 11 is 0. The Hall–Kier alpha value is -3.58. The van der Waals surface area contributed by atoms with Crippen LogP contribution in [0.3, 0.4) is 0 Å². The quantitative estimate of drug-likeness (QED) is 0.396. The van der Waals surface area contributed by atoms with Crippen LogP contribution in [0.5, 0.6) is 0 Å². The van der Waals surface area contributed by atoms with E-state index in [0.717, 1.165) is 54.0 Å². The third-order valence-corrected chi connectivity index (χ3v) is 5.50. The Balaban J connectivity index is 1.88. The molecule has 0 radical (unpaired) electrons. The van der Waals surface area contributed by atoms with Gasteiger partial charge in [0.2, 0.25) is 0 Å². The van der Waals surface area contributed by atoms with Gasteiger partial charge in [-0.2, -0.15) is 5.26 Å². The van der Waals surface area contributed by atoms with E-state index in [0.29, 0.717) is 0 Å². The second-order valence-electron chi connectivity index (χ2n) is 7.58. The van der Waals surface area contributed by atoms with Gasteiger partial charge in [-0.3, -0.25) is 0 Å². The third kappa shape index (κ3) is 3.79. The van der Waals surface area contributed by atoms with E-state index in [9.17, 15) is 5.26 Å². The zero-order chi connectivity index (χ0) is 20.9. The van der Waals surface area contributed by atoms with E-state index in [-0.39, 0.29) is 0 Å². The molecule has 30 heavy (non-hydrogen) atoms. The van der Waals surface area contributed by atoms with Crippen molar-refractivity contribution in [2.45, 2.75) is 39.9 Å². The number of nitrogens with zero attached hydrogens (tertiary/aromatic N) is 4. The molecule has 150 valence electrons. The summed E-state index contributed by atoms with van der Waals surface area (Å²) in [5.41, 5.74) is 5.29. The second-order valence-corrected chi connectivity index (χ2v) is 7.58. The summed E-state index contributed by atoms with van der Waals surface area (Å²) in [7, 11) is 0. The molecule has 0 aliphatic carbocycles. The van der Waals surface area contributed by atoms with Crippen molar-refractivity contribution < 1.29 is 0 Å². The van der Waals surface area contributed by atoms with Gasteiger partial charge < -0.3 is 9.47 Å². The van der Waals surface area contributed by atoms with Crippen LogP contribution in [-0.2, 0) is 19.6 Å². The lowest BCUT2D eigenvalue weighted by Crippen LogP contribution is -2.24. The lowest BCUT2D eigenvalue weighted by Gasteiger charge is -2.26. The van der Waals surface area contributed by atoms with Crippen molar-refractivity contribution in [1.29, 1.82) is 5.26 Å². The molecule has 2 aromatic carbocycles. The second kappa shape index (κ2) is 8.84. The van der Waals surface area contributed by atoms with Crippen LogP contribution in [0.2, 0.25) is 0 Å². The van der Waals surface area contributed by atoms with E-state index in [4.69, 9.17) is 4.98 Å². The minimum Gasteiger partial charge on any atom is -0.346 e. The van der Waals surface area contributed by atoms with Gasteiger partial charge in [0.05, 0.1) is 11.1 Å². The van der Waals surface area contributed by atoms with E-state index in [2.05, 4.69) is 71.0 Å². The highest BCUT2D eigenvalue weighted by atomic mass is 15.2. The number of aryl methyl sites for hydroxylation is 1. The molecule has 0 bridgehead atoms. The highest BCUT2D eigenvalue weighted by Crippen LogP contribution is 2.33. The monoisotopic (exact) mass is 394 g/mol. The molecule has 0 N–H and O–H groups in total. The van der Waals surface area contributed by atoms with E-state index in [1.54, 1.807) is 0 Å². The Kier molecular flexibility index (Phi) is 5.81. The number of fused-ring (bicyclic) bond motifs is 1. The Morgan fingerprint density at radius 1 is 0.933 bits per heavy atom. The molecule has 0 unspecified atom stereocenters. The number of benzene rings is 2. The minimum absolute atomic E-state index is 0.750. The van der Waals surface area contributed by atoms with E-state index < -0.39 is 0 Å². The van der Waals surface area contributed by atoms with Gasteiger partial charge in [0.25, 0.3) is 0 Å². The molecular weight excluding hydrogens is 368 g/mol. The first-order valence-corrected chi connectivity index (χ1v) is 10.4. The fourth-order valence-electron chi connectivity index (χ4n) is 4.10. The number of aromatic nitrogens is 2. The molecule has 0 atom stereocenters. The maximum atomic E-state index is 9.80. The van der Waals surface area contributed by atoms with Crippen LogP contribution >= 0.6 is 0 Å². The molecule has 4 aromatic rings. The Morgan fingerprint density at radius 2 is 1.53 bits per heavy atom. The smallest absolute Gasteiger partial charge is 0.153 e. The number of pyridine rings is 1. The summed E-state index contributed by atoms with van der Waals surface area (Å²) < 4.78 is 2.26. The predicted octanol–water partition coefficient (Wildman–Crippen LogP) is 5.83. The van der Waals surface area contributed by atoms with Crippen LogP contribution in [0.15, 0.2) is 72.9 Å². The Labute approximate surface area is 178 Å². The molecule has 2 aromatic heterocycles. The van der Waals surface area contributed by atoms with Crippen LogP contribution in [0.1, 0.15) is 35.7 Å². The van der Waals surface area contributed by atoms with Gasteiger partial charge in [-0.1, -0.05) is 67.6 Å². The lowest BCUT2D eigenvalue weighted by molar-refractivity contribution is 0.680. The fraction of sp³-hybridized carbons (Fsp3) is 0.231. The first-order valence-electron chi connectivity index (χ1n) is 10.4. The van der Waals surface area contributed by atoms with Crippen LogP contribution in [0.4, 0.5) is 5.82 Å². The summed E-state index contributed by atoms with van der Waals surface area (Å²) in [5, 5.41) is 10.8. The summed E-state index contributed by atoms with van der Waals surface area (Å²) in [5.74, 6) is 0.929. The molecule has 0 amide bonds. The summed E-state index contributed by atoms with van der Waals surface area (Å²) in [6, 6.07) is 25.3. The van der Waals surface area contributed by atoms with Crippen molar-refractivity contribution in [1.82, 2.24) is 9.55 Å². The van der Waals surface area contributed by atoms with Gasteiger partial charge in [0, 0.05) is 36.9 Å². The highest BCUT2D eigenvalue weighted by molar-refractivity contribution is 5.95. The van der Waals surface area contributed by atoms with Crippen LogP contribution in [0, 0.1) is 18.3 Å². The van der Waals surface area contributed by atoms with E-state index in [1.807, 2.05) is 31.3 Å². The standard InChI is InChI=1S/C26H26N4/c1-3-16-30-20(2)24(17-27)23-14-15-28-26(25(23)30)29(18-21-10-6-4-7-11-21)19-22-12-8-5-9-13-22/h4-15H,3,16,18-19H2,1-2H3. The predicted molar refractivity (Wildman–Crippen MR) is 122 cm³/mol. The van der Waals surface area contributed by atoms with Gasteiger partial charge in [-0.25, -0.2) is 4.98 Å². The summed E-state index contributed by atoms with van der Waals surface area (Å²) in [6.07, 6.45) is 2.83. The van der Waals surface area contributed by atoms with Gasteiger partial charge >= 0.3 is 0 Å². The maximum absolute atomic E-state index is 9.80. The summed E-state index contributed by atoms with van der Waals surface area (Å²) in [6.45, 7) is 6.57. The van der Waals surface area contributed by atoms with Crippen molar-refractivity contribution in [2.24, 2.45) is 0 Å². The van der Waals surface area contributed by atoms with Gasteiger partial charge in [0.1, 0.15) is 6.07 Å². The van der Waals surface area contributed by atoms with Gasteiger partial charge in [-0.05, 0) is 30.5 Å². The number of anilines is 1. The SMILES string of the molecule is CCCn1c(C)c(C#N)c2ccnc(N(Cc3ccccc3)Cc3ccccc3)c21. The molecule has 4 rings (SSSR count). The van der Waals surface area contributed by atoms with Gasteiger partial charge in [-0.15, -0.1) is 0 Å². The molecule has 4 nitrogen and oxygen atoms in total. The molecule has 2 heterocycles. The zero-order valence-electron chi connectivity index (χ0n) is 17.5. The van der Waals surface area contributed by atoms with Crippen LogP contribution in [-0.4, -0.2) is 9.55 Å². The molecule has 0 fully saturated rings. The lowest BCUT2D eigenvalue weighted by atomic mass is 10.1. The average Bonchev–Trinajstić information content (AvgIpc) is 3.06. The van der Waals surface area contributed by atoms with E-state index >= 15 is 0 Å². The molecule has 0 saturated heterocycles. The number of nitriles is 1. The van der Waals surface area contributed by atoms with Crippen molar-refractivity contribution in [3.63, 3.8) is 0 Å². The number of hydrogen-bond donors (Lipinski definition) is 0. The number of hydrogen-bond acceptors (Lipinski definition) is 3. The molecule has 4 heteroatoms. The van der Waals surface area contributed by atoms with Crippen molar-refractivity contribution >= 4 is 16.7 Å². The zero-order valence-corrected chi connectivity index (χ0v) is 17.5. The minimum atomic E-state index is 0.750. The van der Waals surface area contributed by atoms with Gasteiger partial charge in [0.15, 0.2) is 5.82 Å². The molecule has 0 aliphatic rings. The Bertz CT molecular complexity index is 1130. The summed E-state index contributed by atoms with van der Waals surface area (Å²) in [4.78, 5) is 7.15.